The van der Waals surface area contributed by atoms with E-state index in [9.17, 15) is 4.79 Å². The molecular weight excluding hydrogens is 465 g/mol. The maximum atomic E-state index is 13.0. The van der Waals surface area contributed by atoms with Gasteiger partial charge in [-0.3, -0.25) is 4.79 Å². The molecule has 144 valence electrons. The molecule has 6 nitrogen and oxygen atoms in total. The van der Waals surface area contributed by atoms with Gasteiger partial charge in [-0.1, -0.05) is 12.1 Å². The molecule has 0 radical (unpaired) electrons. The van der Waals surface area contributed by atoms with Gasteiger partial charge >= 0.3 is 0 Å². The molecule has 1 aromatic carbocycles. The van der Waals surface area contributed by atoms with Crippen molar-refractivity contribution in [2.24, 2.45) is 5.41 Å². The molecule has 3 aromatic rings. The van der Waals surface area contributed by atoms with Crippen molar-refractivity contribution in [3.05, 3.63) is 52.0 Å². The number of aromatic nitrogens is 3. The van der Waals surface area contributed by atoms with Crippen LogP contribution in [0.5, 0.6) is 0 Å². The number of carbonyl (C=O) groups is 1. The van der Waals surface area contributed by atoms with Crippen LogP contribution in [0.25, 0.3) is 11.0 Å². The summed E-state index contributed by atoms with van der Waals surface area (Å²) in [7, 11) is 0. The van der Waals surface area contributed by atoms with Crippen LogP contribution in [-0.2, 0) is 11.2 Å². The number of amides is 1. The van der Waals surface area contributed by atoms with Crippen molar-refractivity contribution in [2.75, 3.05) is 31.1 Å². The second-order valence-electron chi connectivity index (χ2n) is 7.98. The third kappa shape index (κ3) is 3.47. The lowest BCUT2D eigenvalue weighted by atomic mass is 10.1. The van der Waals surface area contributed by atoms with Gasteiger partial charge in [0.15, 0.2) is 0 Å². The zero-order chi connectivity index (χ0) is 19.1. The third-order valence-corrected chi connectivity index (χ3v) is 6.62. The highest BCUT2D eigenvalue weighted by atomic mass is 127. The molecule has 0 atom stereocenters. The van der Waals surface area contributed by atoms with E-state index in [-0.39, 0.29) is 11.3 Å². The van der Waals surface area contributed by atoms with Crippen LogP contribution in [0.1, 0.15) is 18.4 Å². The number of fused-ring (bicyclic) bond motifs is 1. The van der Waals surface area contributed by atoms with Crippen molar-refractivity contribution in [3.63, 3.8) is 0 Å². The smallest absolute Gasteiger partial charge is 0.227 e. The standard InChI is InChI=1S/C21H22IN5O/c22-16-3-1-15(2-4-16)11-18(28)26-9-10-27(13-21(12-26)6-7-21)20-17-5-8-23-19(17)24-14-25-20/h1-5,8,14H,6-7,9-13H2,(H,23,24,25). The van der Waals surface area contributed by atoms with Crippen LogP contribution in [0, 0.1) is 8.99 Å². The van der Waals surface area contributed by atoms with Gasteiger partial charge in [0, 0.05) is 41.4 Å². The van der Waals surface area contributed by atoms with E-state index in [1.165, 1.54) is 16.4 Å². The molecule has 1 aliphatic heterocycles. The van der Waals surface area contributed by atoms with E-state index in [1.54, 1.807) is 6.33 Å². The van der Waals surface area contributed by atoms with Crippen molar-refractivity contribution < 1.29 is 4.79 Å². The molecule has 1 saturated carbocycles. The molecule has 2 fully saturated rings. The van der Waals surface area contributed by atoms with Crippen LogP contribution in [-0.4, -0.2) is 51.9 Å². The number of aromatic amines is 1. The van der Waals surface area contributed by atoms with Crippen molar-refractivity contribution in [1.29, 1.82) is 0 Å². The predicted molar refractivity (Wildman–Crippen MR) is 117 cm³/mol. The van der Waals surface area contributed by atoms with Crippen molar-refractivity contribution in [1.82, 2.24) is 19.9 Å². The van der Waals surface area contributed by atoms with E-state index in [0.717, 1.165) is 48.6 Å². The van der Waals surface area contributed by atoms with Gasteiger partial charge in [0.1, 0.15) is 17.8 Å². The lowest BCUT2D eigenvalue weighted by Gasteiger charge is -2.25. The normalized spacial score (nSPS) is 18.5. The Bertz CT molecular complexity index is 1010. The van der Waals surface area contributed by atoms with Gasteiger partial charge in [-0.05, 0) is 59.2 Å². The summed E-state index contributed by atoms with van der Waals surface area (Å²) >= 11 is 2.29. The molecule has 5 rings (SSSR count). The molecule has 1 N–H and O–H groups in total. The zero-order valence-corrected chi connectivity index (χ0v) is 17.7. The maximum absolute atomic E-state index is 13.0. The molecule has 0 bridgehead atoms. The Labute approximate surface area is 177 Å². The molecule has 1 spiro atoms. The van der Waals surface area contributed by atoms with E-state index in [0.29, 0.717) is 6.42 Å². The number of carbonyl (C=O) groups excluding carboxylic acids is 1. The lowest BCUT2D eigenvalue weighted by molar-refractivity contribution is -0.130. The van der Waals surface area contributed by atoms with Crippen LogP contribution in [0.4, 0.5) is 5.82 Å². The largest absolute Gasteiger partial charge is 0.354 e. The fourth-order valence-corrected chi connectivity index (χ4v) is 4.50. The molecule has 7 heteroatoms. The molecule has 2 aliphatic rings. The average Bonchev–Trinajstić information content (AvgIpc) is 3.34. The number of H-pyrrole nitrogens is 1. The van der Waals surface area contributed by atoms with Crippen LogP contribution < -0.4 is 4.90 Å². The van der Waals surface area contributed by atoms with Crippen molar-refractivity contribution in [2.45, 2.75) is 19.3 Å². The molecule has 3 heterocycles. The van der Waals surface area contributed by atoms with Gasteiger partial charge in [0.2, 0.25) is 5.91 Å². The van der Waals surface area contributed by atoms with E-state index < -0.39 is 0 Å². The van der Waals surface area contributed by atoms with Crippen LogP contribution in [0.3, 0.4) is 0 Å². The SMILES string of the molecule is O=C(Cc1ccc(I)cc1)N1CCN(c2ncnc3[nH]ccc23)CC2(CC2)C1. The molecule has 1 aliphatic carbocycles. The number of rotatable bonds is 3. The highest BCUT2D eigenvalue weighted by Gasteiger charge is 2.47. The first-order valence-corrected chi connectivity index (χ1v) is 10.8. The van der Waals surface area contributed by atoms with Gasteiger partial charge in [-0.25, -0.2) is 9.97 Å². The van der Waals surface area contributed by atoms with E-state index >= 15 is 0 Å². The van der Waals surface area contributed by atoms with E-state index in [1.807, 2.05) is 12.3 Å². The first-order valence-electron chi connectivity index (χ1n) is 9.67. The fourth-order valence-electron chi connectivity index (χ4n) is 4.15. The Hall–Kier alpha value is -2.16. The quantitative estimate of drug-likeness (QED) is 0.577. The number of nitrogens with one attached hydrogen (secondary N) is 1. The van der Waals surface area contributed by atoms with Gasteiger partial charge in [-0.15, -0.1) is 0 Å². The number of hydrogen-bond donors (Lipinski definition) is 1. The van der Waals surface area contributed by atoms with Crippen LogP contribution in [0.2, 0.25) is 0 Å². The van der Waals surface area contributed by atoms with Crippen LogP contribution >= 0.6 is 22.6 Å². The minimum atomic E-state index is 0.214. The summed E-state index contributed by atoms with van der Waals surface area (Å²) in [4.78, 5) is 29.5. The van der Waals surface area contributed by atoms with Crippen LogP contribution in [0.15, 0.2) is 42.9 Å². The minimum absolute atomic E-state index is 0.214. The molecule has 0 unspecified atom stereocenters. The highest BCUT2D eigenvalue weighted by molar-refractivity contribution is 14.1. The first-order chi connectivity index (χ1) is 13.6. The Morgan fingerprint density at radius 2 is 1.93 bits per heavy atom. The number of hydrogen-bond acceptors (Lipinski definition) is 4. The number of nitrogens with zero attached hydrogens (tertiary/aromatic N) is 4. The Kier molecular flexibility index (Phi) is 4.49. The average molecular weight is 487 g/mol. The van der Waals surface area contributed by atoms with E-state index in [4.69, 9.17) is 0 Å². The summed E-state index contributed by atoms with van der Waals surface area (Å²) in [5.74, 6) is 1.20. The second-order valence-corrected chi connectivity index (χ2v) is 9.22. The van der Waals surface area contributed by atoms with Gasteiger partial charge < -0.3 is 14.8 Å². The summed E-state index contributed by atoms with van der Waals surface area (Å²) in [6, 6.07) is 10.3. The monoisotopic (exact) mass is 487 g/mol. The maximum Gasteiger partial charge on any atom is 0.227 e. The number of anilines is 1. The molecular formula is C21H22IN5O. The fraction of sp³-hybridized carbons (Fsp3) is 0.381. The first kappa shape index (κ1) is 17.9. The second kappa shape index (κ2) is 7.02. The van der Waals surface area contributed by atoms with Gasteiger partial charge in [0.25, 0.3) is 0 Å². The summed E-state index contributed by atoms with van der Waals surface area (Å²) < 4.78 is 1.19. The Morgan fingerprint density at radius 3 is 2.71 bits per heavy atom. The third-order valence-electron chi connectivity index (χ3n) is 5.90. The van der Waals surface area contributed by atoms with Gasteiger partial charge in [0.05, 0.1) is 11.8 Å². The van der Waals surface area contributed by atoms with E-state index in [2.05, 4.69) is 71.6 Å². The predicted octanol–water partition coefficient (Wildman–Crippen LogP) is 3.23. The lowest BCUT2D eigenvalue weighted by Crippen LogP contribution is -2.37. The minimum Gasteiger partial charge on any atom is -0.354 e. The molecule has 2 aromatic heterocycles. The summed E-state index contributed by atoms with van der Waals surface area (Å²) in [6.07, 6.45) is 6.36. The number of halogens is 1. The van der Waals surface area contributed by atoms with Gasteiger partial charge in [-0.2, -0.15) is 0 Å². The molecule has 1 amide bonds. The summed E-state index contributed by atoms with van der Waals surface area (Å²) in [5.41, 5.74) is 2.16. The number of benzene rings is 1. The Morgan fingerprint density at radius 1 is 1.11 bits per heavy atom. The molecule has 1 saturated heterocycles. The topological polar surface area (TPSA) is 65.1 Å². The van der Waals surface area contributed by atoms with Crippen molar-refractivity contribution in [3.8, 4) is 0 Å². The Balaban J connectivity index is 1.36. The summed E-state index contributed by atoms with van der Waals surface area (Å²) in [5, 5.41) is 1.05. The highest BCUT2D eigenvalue weighted by Crippen LogP contribution is 2.48. The van der Waals surface area contributed by atoms with Crippen molar-refractivity contribution >= 4 is 45.3 Å². The summed E-state index contributed by atoms with van der Waals surface area (Å²) in [6.45, 7) is 3.35. The zero-order valence-electron chi connectivity index (χ0n) is 15.6. The molecule has 28 heavy (non-hydrogen) atoms.